The van der Waals surface area contributed by atoms with E-state index in [1.165, 1.54) is 4.90 Å². The topological polar surface area (TPSA) is 75.5 Å². The molecule has 0 atom stereocenters. The van der Waals surface area contributed by atoms with Gasteiger partial charge in [0.15, 0.2) is 0 Å². The van der Waals surface area contributed by atoms with Gasteiger partial charge in [0.25, 0.3) is 0 Å². The number of ether oxygens (including phenoxy) is 1. The smallest absolute Gasteiger partial charge is 0.232 e. The maximum atomic E-state index is 9.28. The summed E-state index contributed by atoms with van der Waals surface area (Å²) in [7, 11) is 4.13. The molecule has 1 aromatic heterocycles. The lowest BCUT2D eigenvalue weighted by Gasteiger charge is -2.07. The highest BCUT2D eigenvalue weighted by Gasteiger charge is 2.14. The number of rotatable bonds is 8. The van der Waals surface area contributed by atoms with Crippen LogP contribution in [0.2, 0.25) is 5.02 Å². The molecule has 0 aliphatic heterocycles. The Bertz CT molecular complexity index is 944. The van der Waals surface area contributed by atoms with Crippen molar-refractivity contribution >= 4 is 17.5 Å². The van der Waals surface area contributed by atoms with Gasteiger partial charge in [0.1, 0.15) is 18.4 Å². The van der Waals surface area contributed by atoms with Crippen molar-refractivity contribution in [2.45, 2.75) is 6.61 Å². The number of nitrogens with zero attached hydrogens (tertiary/aromatic N) is 2. The van der Waals surface area contributed by atoms with E-state index >= 15 is 0 Å². The normalized spacial score (nSPS) is 10.7. The molecular formula is C21H22ClN4O2+. The van der Waals surface area contributed by atoms with Gasteiger partial charge >= 0.3 is 0 Å². The molecule has 0 amide bonds. The van der Waals surface area contributed by atoms with Crippen molar-refractivity contribution in [2.75, 3.05) is 32.5 Å². The SMILES string of the molecule is C[NH+](C)CCNc1oc(-c2ccc(OCc3ccc(Cl)cc3)cc2)nc1C#N. The van der Waals surface area contributed by atoms with Gasteiger partial charge in [-0.25, -0.2) is 0 Å². The quantitative estimate of drug-likeness (QED) is 0.611. The highest BCUT2D eigenvalue weighted by Crippen LogP contribution is 2.27. The van der Waals surface area contributed by atoms with E-state index in [1.54, 1.807) is 0 Å². The number of hydrogen-bond acceptors (Lipinski definition) is 5. The van der Waals surface area contributed by atoms with Crippen LogP contribution in [0, 0.1) is 11.3 Å². The van der Waals surface area contributed by atoms with E-state index in [-0.39, 0.29) is 5.69 Å². The van der Waals surface area contributed by atoms with E-state index in [0.29, 0.717) is 29.9 Å². The molecule has 3 rings (SSSR count). The second-order valence-electron chi connectivity index (χ2n) is 6.63. The number of quaternary nitrogens is 1. The molecular weight excluding hydrogens is 376 g/mol. The molecule has 2 N–H and O–H groups in total. The first-order valence-corrected chi connectivity index (χ1v) is 9.34. The first-order chi connectivity index (χ1) is 13.5. The van der Waals surface area contributed by atoms with E-state index in [1.807, 2.05) is 48.5 Å². The van der Waals surface area contributed by atoms with Crippen LogP contribution in [0.3, 0.4) is 0 Å². The molecule has 0 aliphatic carbocycles. The van der Waals surface area contributed by atoms with Crippen molar-refractivity contribution in [3.8, 4) is 23.3 Å². The predicted molar refractivity (Wildman–Crippen MR) is 109 cm³/mol. The van der Waals surface area contributed by atoms with Gasteiger partial charge in [-0.3, -0.25) is 0 Å². The maximum Gasteiger partial charge on any atom is 0.232 e. The standard InChI is InChI=1S/C21H21ClN4O2/c1-26(2)12-11-24-21-19(13-23)25-20(28-21)16-5-9-18(10-6-16)27-14-15-3-7-17(22)8-4-15/h3-10,24H,11-12,14H2,1-2H3/p+1. The Labute approximate surface area is 169 Å². The molecule has 0 aliphatic rings. The molecule has 1 heterocycles. The third kappa shape index (κ3) is 5.26. The summed E-state index contributed by atoms with van der Waals surface area (Å²) in [6.45, 7) is 2.06. The molecule has 0 saturated heterocycles. The summed E-state index contributed by atoms with van der Waals surface area (Å²) in [6.07, 6.45) is 0. The highest BCUT2D eigenvalue weighted by molar-refractivity contribution is 6.30. The average molecular weight is 398 g/mol. The average Bonchev–Trinajstić information content (AvgIpc) is 3.11. The minimum absolute atomic E-state index is 0.256. The van der Waals surface area contributed by atoms with Crippen LogP contribution in [0.15, 0.2) is 52.9 Å². The van der Waals surface area contributed by atoms with Crippen molar-refractivity contribution in [3.05, 3.63) is 64.8 Å². The molecule has 28 heavy (non-hydrogen) atoms. The Morgan fingerprint density at radius 1 is 1.14 bits per heavy atom. The summed E-state index contributed by atoms with van der Waals surface area (Å²) in [5.74, 6) is 1.54. The van der Waals surface area contributed by atoms with Crippen LogP contribution in [0.25, 0.3) is 11.5 Å². The van der Waals surface area contributed by atoms with Crippen LogP contribution < -0.4 is 15.0 Å². The van der Waals surface area contributed by atoms with Gasteiger partial charge in [-0.15, -0.1) is 0 Å². The fourth-order valence-electron chi connectivity index (χ4n) is 2.51. The molecule has 0 spiro atoms. The summed E-state index contributed by atoms with van der Waals surface area (Å²) >= 11 is 5.89. The zero-order valence-corrected chi connectivity index (χ0v) is 16.6. The Morgan fingerprint density at radius 2 is 1.86 bits per heavy atom. The van der Waals surface area contributed by atoms with Crippen LogP contribution in [0.4, 0.5) is 5.88 Å². The van der Waals surface area contributed by atoms with Crippen molar-refractivity contribution in [1.82, 2.24) is 4.98 Å². The third-order valence-electron chi connectivity index (χ3n) is 4.06. The summed E-state index contributed by atoms with van der Waals surface area (Å²) in [4.78, 5) is 5.58. The fraction of sp³-hybridized carbons (Fsp3) is 0.238. The first-order valence-electron chi connectivity index (χ1n) is 8.96. The minimum Gasteiger partial charge on any atom is -0.489 e. The van der Waals surface area contributed by atoms with E-state index < -0.39 is 0 Å². The summed E-state index contributed by atoms with van der Waals surface area (Å²) in [5, 5.41) is 13.1. The van der Waals surface area contributed by atoms with Crippen LogP contribution >= 0.6 is 11.6 Å². The zero-order valence-electron chi connectivity index (χ0n) is 15.8. The Balaban J connectivity index is 1.65. The lowest BCUT2D eigenvalue weighted by Crippen LogP contribution is -3.06. The van der Waals surface area contributed by atoms with E-state index in [0.717, 1.165) is 23.4 Å². The van der Waals surface area contributed by atoms with Gasteiger partial charge in [-0.05, 0) is 42.0 Å². The number of halogens is 1. The molecule has 0 unspecified atom stereocenters. The maximum absolute atomic E-state index is 9.28. The molecule has 0 bridgehead atoms. The summed E-state index contributed by atoms with van der Waals surface area (Å²) in [6, 6.07) is 17.0. The van der Waals surface area contributed by atoms with Crippen LogP contribution in [0.1, 0.15) is 11.3 Å². The van der Waals surface area contributed by atoms with Crippen LogP contribution in [-0.2, 0) is 6.61 Å². The predicted octanol–water partition coefficient (Wildman–Crippen LogP) is 3.00. The number of likely N-dealkylation sites (N-methyl/N-ethyl adjacent to an activating group) is 1. The molecule has 0 fully saturated rings. The summed E-state index contributed by atoms with van der Waals surface area (Å²) in [5.41, 5.74) is 2.07. The second-order valence-corrected chi connectivity index (χ2v) is 7.07. The van der Waals surface area contributed by atoms with Crippen LogP contribution in [0.5, 0.6) is 5.75 Å². The van der Waals surface area contributed by atoms with Crippen molar-refractivity contribution in [1.29, 1.82) is 5.26 Å². The van der Waals surface area contributed by atoms with Gasteiger partial charge in [-0.2, -0.15) is 10.2 Å². The van der Waals surface area contributed by atoms with Gasteiger partial charge in [0, 0.05) is 10.6 Å². The number of nitriles is 1. The van der Waals surface area contributed by atoms with E-state index in [4.69, 9.17) is 20.8 Å². The molecule has 6 nitrogen and oxygen atoms in total. The summed E-state index contributed by atoms with van der Waals surface area (Å²) < 4.78 is 11.5. The monoisotopic (exact) mass is 397 g/mol. The number of nitrogens with one attached hydrogen (secondary N) is 2. The number of aromatic nitrogens is 1. The van der Waals surface area contributed by atoms with E-state index in [9.17, 15) is 5.26 Å². The highest BCUT2D eigenvalue weighted by atomic mass is 35.5. The van der Waals surface area contributed by atoms with E-state index in [2.05, 4.69) is 30.5 Å². The molecule has 3 aromatic rings. The number of hydrogen-bond donors (Lipinski definition) is 2. The minimum atomic E-state index is 0.256. The molecule has 144 valence electrons. The lowest BCUT2D eigenvalue weighted by atomic mass is 10.2. The molecule has 0 radical (unpaired) electrons. The molecule has 7 heteroatoms. The third-order valence-corrected chi connectivity index (χ3v) is 4.32. The number of anilines is 1. The van der Waals surface area contributed by atoms with Crippen molar-refractivity contribution in [3.63, 3.8) is 0 Å². The van der Waals surface area contributed by atoms with Crippen LogP contribution in [-0.4, -0.2) is 32.2 Å². The van der Waals surface area contributed by atoms with Crippen molar-refractivity contribution in [2.24, 2.45) is 0 Å². The second kappa shape index (κ2) is 9.27. The van der Waals surface area contributed by atoms with Gasteiger partial charge in [-0.1, -0.05) is 23.7 Å². The first kappa shape index (κ1) is 19.7. The van der Waals surface area contributed by atoms with Crippen molar-refractivity contribution < 1.29 is 14.1 Å². The lowest BCUT2D eigenvalue weighted by molar-refractivity contribution is -0.856. The zero-order chi connectivity index (χ0) is 19.9. The fourth-order valence-corrected chi connectivity index (χ4v) is 2.63. The molecule has 0 saturated carbocycles. The number of oxazole rings is 1. The van der Waals surface area contributed by atoms with Gasteiger partial charge in [0.2, 0.25) is 17.5 Å². The Hall–Kier alpha value is -3.01. The molecule has 2 aromatic carbocycles. The largest absolute Gasteiger partial charge is 0.489 e. The van der Waals surface area contributed by atoms with Gasteiger partial charge < -0.3 is 19.4 Å². The van der Waals surface area contributed by atoms with Gasteiger partial charge in [0.05, 0.1) is 27.2 Å². The number of benzene rings is 2. The Morgan fingerprint density at radius 3 is 2.50 bits per heavy atom. The Kier molecular flexibility index (Phi) is 6.53.